The molecule has 0 N–H and O–H groups in total. The maximum atomic E-state index is 2.47. The van der Waals surface area contributed by atoms with Crippen LogP contribution in [0.1, 0.15) is 0 Å². The SMILES string of the molecule is c1ccc(N2c3ccccc3-n3c4cc5c(cc4c4cccc2c43)c2ccccc2n5-c2ccccc2)cc1. The average molecular weight is 498 g/mol. The second kappa shape index (κ2) is 7.62. The van der Waals surface area contributed by atoms with E-state index in [1.54, 1.807) is 0 Å². The van der Waals surface area contributed by atoms with E-state index in [0.29, 0.717) is 0 Å². The Morgan fingerprint density at radius 2 is 0.923 bits per heavy atom. The Morgan fingerprint density at radius 1 is 0.333 bits per heavy atom. The Balaban J connectivity index is 1.47. The lowest BCUT2D eigenvalue weighted by Crippen LogP contribution is -2.17. The molecule has 0 atom stereocenters. The first-order valence-corrected chi connectivity index (χ1v) is 13.4. The summed E-state index contributed by atoms with van der Waals surface area (Å²) in [4.78, 5) is 2.40. The van der Waals surface area contributed by atoms with Crippen LogP contribution in [-0.4, -0.2) is 9.13 Å². The molecule has 0 amide bonds. The first-order valence-electron chi connectivity index (χ1n) is 13.4. The van der Waals surface area contributed by atoms with E-state index in [1.165, 1.54) is 72.0 Å². The molecule has 0 radical (unpaired) electrons. The summed E-state index contributed by atoms with van der Waals surface area (Å²) in [6.45, 7) is 0. The quantitative estimate of drug-likeness (QED) is 0.232. The zero-order chi connectivity index (χ0) is 25.5. The van der Waals surface area contributed by atoms with Gasteiger partial charge in [-0.05, 0) is 60.7 Å². The van der Waals surface area contributed by atoms with Crippen molar-refractivity contribution in [2.45, 2.75) is 0 Å². The molecule has 3 heteroatoms. The highest BCUT2D eigenvalue weighted by Crippen LogP contribution is 2.50. The number of benzene rings is 6. The van der Waals surface area contributed by atoms with Gasteiger partial charge in [-0.25, -0.2) is 0 Å². The first kappa shape index (κ1) is 20.7. The summed E-state index contributed by atoms with van der Waals surface area (Å²) in [7, 11) is 0. The molecular formula is C36H23N3. The largest absolute Gasteiger partial charge is 0.309 e. The highest BCUT2D eigenvalue weighted by atomic mass is 15.2. The summed E-state index contributed by atoms with van der Waals surface area (Å²) < 4.78 is 4.88. The fraction of sp³-hybridized carbons (Fsp3) is 0. The fourth-order valence-electron chi connectivity index (χ4n) is 6.62. The third kappa shape index (κ3) is 2.71. The predicted molar refractivity (Wildman–Crippen MR) is 163 cm³/mol. The number of rotatable bonds is 2. The Kier molecular flexibility index (Phi) is 4.05. The number of hydrogen-bond donors (Lipinski definition) is 0. The van der Waals surface area contributed by atoms with Crippen molar-refractivity contribution in [3.63, 3.8) is 0 Å². The number of anilines is 3. The number of fused-ring (bicyclic) bond motifs is 8. The van der Waals surface area contributed by atoms with Gasteiger partial charge in [-0.1, -0.05) is 78.9 Å². The zero-order valence-electron chi connectivity index (χ0n) is 21.1. The Bertz CT molecular complexity index is 2220. The summed E-state index contributed by atoms with van der Waals surface area (Å²) in [6.07, 6.45) is 0. The third-order valence-corrected chi connectivity index (χ3v) is 8.19. The van der Waals surface area contributed by atoms with Gasteiger partial charge < -0.3 is 14.0 Å². The van der Waals surface area contributed by atoms with Crippen molar-refractivity contribution >= 4 is 60.7 Å². The van der Waals surface area contributed by atoms with E-state index in [1.807, 2.05) is 0 Å². The number of nitrogens with zero attached hydrogens (tertiary/aromatic N) is 3. The van der Waals surface area contributed by atoms with Crippen LogP contribution in [0.25, 0.3) is 55.0 Å². The van der Waals surface area contributed by atoms with Crippen molar-refractivity contribution in [3.05, 3.63) is 140 Å². The van der Waals surface area contributed by atoms with Gasteiger partial charge in [0.1, 0.15) is 0 Å². The minimum absolute atomic E-state index is 1.17. The monoisotopic (exact) mass is 497 g/mol. The molecule has 6 aromatic carbocycles. The normalized spacial score (nSPS) is 12.6. The number of hydrogen-bond acceptors (Lipinski definition) is 1. The number of para-hydroxylation sites is 6. The van der Waals surface area contributed by atoms with Gasteiger partial charge in [0, 0.05) is 32.9 Å². The molecule has 0 unspecified atom stereocenters. The number of aromatic nitrogens is 2. The van der Waals surface area contributed by atoms with Gasteiger partial charge in [-0.3, -0.25) is 0 Å². The van der Waals surface area contributed by atoms with E-state index in [0.717, 1.165) is 0 Å². The van der Waals surface area contributed by atoms with Crippen molar-refractivity contribution in [3.8, 4) is 11.4 Å². The Morgan fingerprint density at radius 3 is 1.74 bits per heavy atom. The van der Waals surface area contributed by atoms with E-state index in [4.69, 9.17) is 0 Å². The minimum atomic E-state index is 1.17. The van der Waals surface area contributed by atoms with Gasteiger partial charge in [-0.2, -0.15) is 0 Å². The van der Waals surface area contributed by atoms with Gasteiger partial charge in [0.05, 0.1) is 39.1 Å². The molecule has 0 saturated carbocycles. The molecular weight excluding hydrogens is 474 g/mol. The highest BCUT2D eigenvalue weighted by molar-refractivity contribution is 6.22. The highest BCUT2D eigenvalue weighted by Gasteiger charge is 2.28. The molecule has 9 rings (SSSR count). The van der Waals surface area contributed by atoms with Crippen LogP contribution in [0, 0.1) is 0 Å². The Hall–Kier alpha value is -5.28. The van der Waals surface area contributed by atoms with E-state index < -0.39 is 0 Å². The van der Waals surface area contributed by atoms with Gasteiger partial charge >= 0.3 is 0 Å². The minimum Gasteiger partial charge on any atom is -0.309 e. The predicted octanol–water partition coefficient (Wildman–Crippen LogP) is 9.66. The molecule has 0 saturated heterocycles. The van der Waals surface area contributed by atoms with Crippen LogP contribution in [0.3, 0.4) is 0 Å². The second-order valence-corrected chi connectivity index (χ2v) is 10.2. The van der Waals surface area contributed by atoms with Crippen LogP contribution in [0.2, 0.25) is 0 Å². The second-order valence-electron chi connectivity index (χ2n) is 10.2. The van der Waals surface area contributed by atoms with Crippen molar-refractivity contribution in [1.29, 1.82) is 0 Å². The summed E-state index contributed by atoms with van der Waals surface area (Å²) in [5, 5.41) is 5.10. The lowest BCUT2D eigenvalue weighted by molar-refractivity contribution is 1.11. The maximum Gasteiger partial charge on any atom is 0.0783 e. The maximum absolute atomic E-state index is 2.47. The molecule has 0 fully saturated rings. The van der Waals surface area contributed by atoms with Crippen molar-refractivity contribution < 1.29 is 0 Å². The molecule has 0 spiro atoms. The fourth-order valence-corrected chi connectivity index (χ4v) is 6.62. The topological polar surface area (TPSA) is 13.1 Å². The Labute approximate surface area is 225 Å². The van der Waals surface area contributed by atoms with E-state index >= 15 is 0 Å². The van der Waals surface area contributed by atoms with Crippen LogP contribution in [0.4, 0.5) is 17.1 Å². The summed E-state index contributed by atoms with van der Waals surface area (Å²) in [5.41, 5.74) is 10.9. The van der Waals surface area contributed by atoms with Crippen molar-refractivity contribution in [1.82, 2.24) is 9.13 Å². The van der Waals surface area contributed by atoms with Gasteiger partial charge in [-0.15, -0.1) is 0 Å². The van der Waals surface area contributed by atoms with E-state index in [2.05, 4.69) is 154 Å². The van der Waals surface area contributed by atoms with Crippen LogP contribution >= 0.6 is 0 Å². The van der Waals surface area contributed by atoms with Crippen molar-refractivity contribution in [2.24, 2.45) is 0 Å². The molecule has 0 aliphatic carbocycles. The lowest BCUT2D eigenvalue weighted by atomic mass is 10.1. The summed E-state index contributed by atoms with van der Waals surface area (Å²) >= 11 is 0. The van der Waals surface area contributed by atoms with E-state index in [9.17, 15) is 0 Å². The van der Waals surface area contributed by atoms with Gasteiger partial charge in [0.2, 0.25) is 0 Å². The zero-order valence-corrected chi connectivity index (χ0v) is 21.1. The third-order valence-electron chi connectivity index (χ3n) is 8.19. The van der Waals surface area contributed by atoms with Crippen LogP contribution in [0.5, 0.6) is 0 Å². The molecule has 2 aromatic heterocycles. The summed E-state index contributed by atoms with van der Waals surface area (Å²) in [6, 6.07) is 50.4. The molecule has 3 heterocycles. The molecule has 1 aliphatic heterocycles. The molecule has 3 nitrogen and oxygen atoms in total. The van der Waals surface area contributed by atoms with E-state index in [-0.39, 0.29) is 0 Å². The van der Waals surface area contributed by atoms with Gasteiger partial charge in [0.25, 0.3) is 0 Å². The summed E-state index contributed by atoms with van der Waals surface area (Å²) in [5.74, 6) is 0. The standard InChI is InChI=1S/C36H23N3/c1-3-12-24(13-4-1)37-30-18-8-7-16-26(30)28-22-29-27-17-11-21-33-36(27)39(35(29)23-34(28)37)32-20-10-9-19-31(32)38(33)25-14-5-2-6-15-25/h1-23H. The molecule has 8 aromatic rings. The molecule has 0 bridgehead atoms. The van der Waals surface area contributed by atoms with Gasteiger partial charge in [0.15, 0.2) is 0 Å². The van der Waals surface area contributed by atoms with Crippen LogP contribution < -0.4 is 4.90 Å². The smallest absolute Gasteiger partial charge is 0.0783 e. The van der Waals surface area contributed by atoms with Crippen molar-refractivity contribution in [2.75, 3.05) is 4.90 Å². The molecule has 39 heavy (non-hydrogen) atoms. The lowest BCUT2D eigenvalue weighted by Gasteiger charge is -2.33. The van der Waals surface area contributed by atoms with Crippen LogP contribution in [-0.2, 0) is 0 Å². The first-order chi connectivity index (χ1) is 19.4. The molecule has 1 aliphatic rings. The molecule has 182 valence electrons. The van der Waals surface area contributed by atoms with Crippen LogP contribution in [0.15, 0.2) is 140 Å². The average Bonchev–Trinajstić information content (AvgIpc) is 3.50.